The first kappa shape index (κ1) is 11.4. The smallest absolute Gasteiger partial charge is 0.234 e. The lowest BCUT2D eigenvalue weighted by Crippen LogP contribution is -2.26. The summed E-state index contributed by atoms with van der Waals surface area (Å²) in [4.78, 5) is 11.8. The highest BCUT2D eigenvalue weighted by molar-refractivity contribution is 6.33. The summed E-state index contributed by atoms with van der Waals surface area (Å²) in [5, 5.41) is 3.54. The summed E-state index contributed by atoms with van der Waals surface area (Å²) >= 11 is 6.19. The average Bonchev–Trinajstić information content (AvgIpc) is 2.45. The Hall–Kier alpha value is -1.06. The minimum absolute atomic E-state index is 0.0100. The van der Waals surface area contributed by atoms with E-state index in [9.17, 15) is 4.79 Å². The van der Waals surface area contributed by atoms with Gasteiger partial charge in [-0.05, 0) is 43.5 Å². The SMILES string of the molecule is Cc1c(Cl)c(CN)cc2c1NC(=O)C2(C)C. The Morgan fingerprint density at radius 1 is 1.50 bits per heavy atom. The predicted octanol–water partition coefficient (Wildman–Crippen LogP) is 2.34. The van der Waals surface area contributed by atoms with Gasteiger partial charge in [0.1, 0.15) is 0 Å². The molecule has 16 heavy (non-hydrogen) atoms. The van der Waals surface area contributed by atoms with Gasteiger partial charge in [0.15, 0.2) is 0 Å². The number of benzene rings is 1. The number of hydrogen-bond donors (Lipinski definition) is 2. The van der Waals surface area contributed by atoms with E-state index < -0.39 is 5.41 Å². The standard InChI is InChI=1S/C12H15ClN2O/c1-6-9(13)7(5-14)4-8-10(6)15-11(16)12(8,2)3/h4H,5,14H2,1-3H3,(H,15,16). The molecule has 0 aromatic heterocycles. The number of nitrogens with one attached hydrogen (secondary N) is 1. The van der Waals surface area contributed by atoms with Crippen LogP contribution in [0.4, 0.5) is 5.69 Å². The third-order valence-corrected chi connectivity index (χ3v) is 3.80. The molecule has 1 heterocycles. The van der Waals surface area contributed by atoms with Gasteiger partial charge in [-0.2, -0.15) is 0 Å². The predicted molar refractivity (Wildman–Crippen MR) is 65.7 cm³/mol. The molecule has 86 valence electrons. The van der Waals surface area contributed by atoms with Gasteiger partial charge in [-0.25, -0.2) is 0 Å². The van der Waals surface area contributed by atoms with E-state index >= 15 is 0 Å². The van der Waals surface area contributed by atoms with Crippen LogP contribution in [0.15, 0.2) is 6.07 Å². The Kier molecular flexibility index (Phi) is 2.48. The molecule has 3 N–H and O–H groups in total. The molecule has 4 heteroatoms. The van der Waals surface area contributed by atoms with Gasteiger partial charge in [0, 0.05) is 12.2 Å². The number of anilines is 1. The van der Waals surface area contributed by atoms with Crippen LogP contribution in [-0.2, 0) is 16.8 Å². The van der Waals surface area contributed by atoms with Gasteiger partial charge in [0.05, 0.1) is 10.4 Å². The van der Waals surface area contributed by atoms with Gasteiger partial charge < -0.3 is 11.1 Å². The Balaban J connectivity index is 2.73. The molecule has 1 aromatic rings. The van der Waals surface area contributed by atoms with Crippen molar-refractivity contribution in [1.29, 1.82) is 0 Å². The monoisotopic (exact) mass is 238 g/mol. The Morgan fingerprint density at radius 3 is 2.69 bits per heavy atom. The molecule has 2 rings (SSSR count). The molecule has 1 aromatic carbocycles. The van der Waals surface area contributed by atoms with E-state index in [-0.39, 0.29) is 5.91 Å². The van der Waals surface area contributed by atoms with Gasteiger partial charge >= 0.3 is 0 Å². The zero-order valence-corrected chi connectivity index (χ0v) is 10.4. The molecule has 0 radical (unpaired) electrons. The van der Waals surface area contributed by atoms with Crippen LogP contribution in [0, 0.1) is 6.92 Å². The second-order valence-corrected chi connectivity index (χ2v) is 5.06. The van der Waals surface area contributed by atoms with E-state index in [4.69, 9.17) is 17.3 Å². The highest BCUT2D eigenvalue weighted by Gasteiger charge is 2.39. The van der Waals surface area contributed by atoms with Crippen molar-refractivity contribution >= 4 is 23.2 Å². The number of carbonyl (C=O) groups excluding carboxylic acids is 1. The van der Waals surface area contributed by atoms with Crippen molar-refractivity contribution < 1.29 is 4.79 Å². The van der Waals surface area contributed by atoms with Crippen molar-refractivity contribution in [3.05, 3.63) is 27.8 Å². The fourth-order valence-electron chi connectivity index (χ4n) is 2.06. The van der Waals surface area contributed by atoms with E-state index in [1.165, 1.54) is 0 Å². The van der Waals surface area contributed by atoms with Crippen LogP contribution in [0.1, 0.15) is 30.5 Å². The van der Waals surface area contributed by atoms with Gasteiger partial charge in [0.25, 0.3) is 0 Å². The van der Waals surface area contributed by atoms with Crippen molar-refractivity contribution in [3.63, 3.8) is 0 Å². The summed E-state index contributed by atoms with van der Waals surface area (Å²) < 4.78 is 0. The lowest BCUT2D eigenvalue weighted by atomic mass is 9.84. The van der Waals surface area contributed by atoms with E-state index in [0.29, 0.717) is 11.6 Å². The third kappa shape index (κ3) is 1.35. The molecule has 0 unspecified atom stereocenters. The van der Waals surface area contributed by atoms with Crippen molar-refractivity contribution in [2.45, 2.75) is 32.7 Å². The van der Waals surface area contributed by atoms with Crippen molar-refractivity contribution in [1.82, 2.24) is 0 Å². The number of amides is 1. The highest BCUT2D eigenvalue weighted by Crippen LogP contribution is 2.42. The second-order valence-electron chi connectivity index (χ2n) is 4.68. The molecule has 1 aliphatic heterocycles. The summed E-state index contributed by atoms with van der Waals surface area (Å²) in [6.07, 6.45) is 0. The number of hydrogen-bond acceptors (Lipinski definition) is 2. The van der Waals surface area contributed by atoms with Gasteiger partial charge in [-0.3, -0.25) is 4.79 Å². The zero-order valence-electron chi connectivity index (χ0n) is 9.65. The Morgan fingerprint density at radius 2 is 2.12 bits per heavy atom. The Bertz CT molecular complexity index is 480. The van der Waals surface area contributed by atoms with Crippen LogP contribution in [-0.4, -0.2) is 5.91 Å². The molecular formula is C12H15ClN2O. The van der Waals surface area contributed by atoms with Crippen molar-refractivity contribution in [3.8, 4) is 0 Å². The fourth-order valence-corrected chi connectivity index (χ4v) is 2.28. The normalized spacial score (nSPS) is 17.2. The van der Waals surface area contributed by atoms with Crippen LogP contribution in [0.2, 0.25) is 5.02 Å². The lowest BCUT2D eigenvalue weighted by Gasteiger charge is -2.17. The maximum absolute atomic E-state index is 11.8. The van der Waals surface area contributed by atoms with E-state index in [1.807, 2.05) is 26.8 Å². The molecule has 0 bridgehead atoms. The lowest BCUT2D eigenvalue weighted by molar-refractivity contribution is -0.119. The van der Waals surface area contributed by atoms with Gasteiger partial charge in [-0.1, -0.05) is 11.6 Å². The van der Waals surface area contributed by atoms with Crippen LogP contribution in [0.3, 0.4) is 0 Å². The van der Waals surface area contributed by atoms with Gasteiger partial charge in [0.2, 0.25) is 5.91 Å². The molecule has 0 fully saturated rings. The largest absolute Gasteiger partial charge is 0.326 e. The number of nitrogens with two attached hydrogens (primary N) is 1. The quantitative estimate of drug-likeness (QED) is 0.789. The Labute approximate surface area is 100.0 Å². The fraction of sp³-hybridized carbons (Fsp3) is 0.417. The first-order chi connectivity index (χ1) is 7.39. The molecular weight excluding hydrogens is 224 g/mol. The molecule has 0 spiro atoms. The molecule has 1 aliphatic rings. The zero-order chi connectivity index (χ0) is 12.1. The van der Waals surface area contributed by atoms with Crippen LogP contribution in [0.25, 0.3) is 0 Å². The molecule has 0 saturated carbocycles. The first-order valence-corrected chi connectivity index (χ1v) is 5.61. The minimum atomic E-state index is -0.505. The van der Waals surface area contributed by atoms with Crippen LogP contribution >= 0.6 is 11.6 Å². The number of rotatable bonds is 1. The molecule has 3 nitrogen and oxygen atoms in total. The van der Waals surface area contributed by atoms with Gasteiger partial charge in [-0.15, -0.1) is 0 Å². The first-order valence-electron chi connectivity index (χ1n) is 5.23. The summed E-state index contributed by atoms with van der Waals surface area (Å²) in [6, 6.07) is 1.93. The second kappa shape index (κ2) is 3.47. The van der Waals surface area contributed by atoms with E-state index in [1.54, 1.807) is 0 Å². The van der Waals surface area contributed by atoms with E-state index in [2.05, 4.69) is 5.32 Å². The third-order valence-electron chi connectivity index (χ3n) is 3.27. The summed E-state index contributed by atoms with van der Waals surface area (Å²) in [6.45, 7) is 6.10. The summed E-state index contributed by atoms with van der Waals surface area (Å²) in [7, 11) is 0. The molecule has 0 atom stereocenters. The summed E-state index contributed by atoms with van der Waals surface area (Å²) in [5.74, 6) is 0.0100. The number of fused-ring (bicyclic) bond motifs is 1. The molecule has 1 amide bonds. The van der Waals surface area contributed by atoms with E-state index in [0.717, 1.165) is 22.4 Å². The highest BCUT2D eigenvalue weighted by atomic mass is 35.5. The number of halogens is 1. The summed E-state index contributed by atoms with van der Waals surface area (Å²) in [5.41, 5.74) is 8.76. The minimum Gasteiger partial charge on any atom is -0.326 e. The van der Waals surface area contributed by atoms with Crippen molar-refractivity contribution in [2.75, 3.05) is 5.32 Å². The molecule has 0 aliphatic carbocycles. The van der Waals surface area contributed by atoms with Crippen LogP contribution in [0.5, 0.6) is 0 Å². The molecule has 0 saturated heterocycles. The van der Waals surface area contributed by atoms with Crippen LogP contribution < -0.4 is 11.1 Å². The maximum Gasteiger partial charge on any atom is 0.234 e. The topological polar surface area (TPSA) is 55.1 Å². The van der Waals surface area contributed by atoms with Crippen molar-refractivity contribution in [2.24, 2.45) is 5.73 Å². The number of carbonyl (C=O) groups is 1. The maximum atomic E-state index is 11.8. The average molecular weight is 239 g/mol.